The highest BCUT2D eigenvalue weighted by atomic mass is 16.4. The molecule has 1 amide bonds. The highest BCUT2D eigenvalue weighted by Crippen LogP contribution is 2.21. The normalized spacial score (nSPS) is 10.1. The molecule has 3 N–H and O–H groups in total. The van der Waals surface area contributed by atoms with Gasteiger partial charge in [0.25, 0.3) is 0 Å². The molecule has 0 aliphatic rings. The predicted molar refractivity (Wildman–Crippen MR) is 69.8 cm³/mol. The second-order valence-electron chi connectivity index (χ2n) is 4.29. The largest absolute Gasteiger partial charge is 0.465 e. The maximum Gasteiger partial charge on any atom is 0.404 e. The smallest absolute Gasteiger partial charge is 0.404 e. The monoisotopic (exact) mass is 236 g/mol. The minimum atomic E-state index is -0.965. The number of benzene rings is 1. The van der Waals surface area contributed by atoms with Crippen LogP contribution in [0.25, 0.3) is 0 Å². The Kier molecular flexibility index (Phi) is 4.82. The van der Waals surface area contributed by atoms with Crippen molar-refractivity contribution in [2.45, 2.75) is 27.2 Å². The number of nitrogens with one attached hydrogen (secondary N) is 2. The number of carboxylic acid groups (broad SMARTS) is 1. The minimum Gasteiger partial charge on any atom is -0.465 e. The number of anilines is 1. The van der Waals surface area contributed by atoms with Crippen molar-refractivity contribution in [3.8, 4) is 0 Å². The molecular formula is C13H20N2O2. The fraction of sp³-hybridized carbons (Fsp3) is 0.462. The molecule has 4 nitrogen and oxygen atoms in total. The zero-order valence-corrected chi connectivity index (χ0v) is 10.6. The molecule has 0 fully saturated rings. The molecule has 0 aliphatic carbocycles. The average Bonchev–Trinajstić information content (AvgIpc) is 2.20. The van der Waals surface area contributed by atoms with Gasteiger partial charge in [-0.15, -0.1) is 0 Å². The average molecular weight is 236 g/mol. The van der Waals surface area contributed by atoms with Gasteiger partial charge in [-0.2, -0.15) is 0 Å². The van der Waals surface area contributed by atoms with Crippen molar-refractivity contribution >= 4 is 11.8 Å². The molecule has 0 saturated heterocycles. The van der Waals surface area contributed by atoms with Crippen LogP contribution in [-0.4, -0.2) is 24.3 Å². The van der Waals surface area contributed by atoms with Crippen LogP contribution in [0.5, 0.6) is 0 Å². The topological polar surface area (TPSA) is 61.4 Å². The molecule has 0 radical (unpaired) electrons. The Morgan fingerprint density at radius 2 is 1.76 bits per heavy atom. The molecule has 4 heteroatoms. The van der Waals surface area contributed by atoms with Gasteiger partial charge in [0.05, 0.1) is 0 Å². The van der Waals surface area contributed by atoms with E-state index in [-0.39, 0.29) is 0 Å². The summed E-state index contributed by atoms with van der Waals surface area (Å²) in [6.45, 7) is 7.49. The zero-order valence-electron chi connectivity index (χ0n) is 10.6. The van der Waals surface area contributed by atoms with Gasteiger partial charge in [-0.3, -0.25) is 0 Å². The molecule has 0 aromatic heterocycles. The first-order valence-electron chi connectivity index (χ1n) is 5.79. The van der Waals surface area contributed by atoms with Crippen molar-refractivity contribution in [1.29, 1.82) is 0 Å². The minimum absolute atomic E-state index is 0.478. The second kappa shape index (κ2) is 6.13. The highest BCUT2D eigenvalue weighted by molar-refractivity contribution is 5.64. The lowest BCUT2D eigenvalue weighted by molar-refractivity contribution is 0.194. The summed E-state index contributed by atoms with van der Waals surface area (Å²) in [4.78, 5) is 10.2. The Bertz CT molecular complexity index is 379. The van der Waals surface area contributed by atoms with E-state index in [1.54, 1.807) is 0 Å². The summed E-state index contributed by atoms with van der Waals surface area (Å²) >= 11 is 0. The molecule has 1 aromatic carbocycles. The molecule has 1 rings (SSSR count). The highest BCUT2D eigenvalue weighted by Gasteiger charge is 2.02. The Labute approximate surface area is 102 Å². The second-order valence-corrected chi connectivity index (χ2v) is 4.29. The van der Waals surface area contributed by atoms with Crippen LogP contribution in [0, 0.1) is 20.8 Å². The maximum absolute atomic E-state index is 10.2. The van der Waals surface area contributed by atoms with Crippen LogP contribution in [-0.2, 0) is 0 Å². The van der Waals surface area contributed by atoms with Gasteiger partial charge in [-0.25, -0.2) is 4.79 Å². The molecule has 0 atom stereocenters. The van der Waals surface area contributed by atoms with E-state index in [2.05, 4.69) is 43.5 Å². The summed E-state index contributed by atoms with van der Waals surface area (Å²) in [5.41, 5.74) is 4.88. The molecule has 0 spiro atoms. The van der Waals surface area contributed by atoms with Crippen molar-refractivity contribution in [2.75, 3.05) is 18.4 Å². The van der Waals surface area contributed by atoms with E-state index in [0.29, 0.717) is 6.54 Å². The molecule has 1 aromatic rings. The van der Waals surface area contributed by atoms with Gasteiger partial charge < -0.3 is 15.7 Å². The van der Waals surface area contributed by atoms with Crippen molar-refractivity contribution < 1.29 is 9.90 Å². The standard InChI is InChI=1S/C13H20N2O2/c1-9-7-10(2)12(11(3)8-9)14-5-4-6-15-13(16)17/h7-8,14-15H,4-6H2,1-3H3,(H,16,17). The number of carbonyl (C=O) groups is 1. The third-order valence-corrected chi connectivity index (χ3v) is 2.61. The SMILES string of the molecule is Cc1cc(C)c(NCCCNC(=O)O)c(C)c1. The van der Waals surface area contributed by atoms with Crippen LogP contribution in [0.1, 0.15) is 23.1 Å². The summed E-state index contributed by atoms with van der Waals surface area (Å²) < 4.78 is 0. The number of rotatable bonds is 5. The van der Waals surface area contributed by atoms with Gasteiger partial charge in [0.2, 0.25) is 0 Å². The van der Waals surface area contributed by atoms with E-state index in [9.17, 15) is 4.79 Å². The van der Waals surface area contributed by atoms with E-state index in [1.165, 1.54) is 16.7 Å². The lowest BCUT2D eigenvalue weighted by Crippen LogP contribution is -2.23. The fourth-order valence-electron chi connectivity index (χ4n) is 1.96. The van der Waals surface area contributed by atoms with E-state index < -0.39 is 6.09 Å². The van der Waals surface area contributed by atoms with Gasteiger partial charge in [-0.05, 0) is 38.3 Å². The van der Waals surface area contributed by atoms with Crippen molar-refractivity contribution in [3.05, 3.63) is 28.8 Å². The van der Waals surface area contributed by atoms with Crippen LogP contribution >= 0.6 is 0 Å². The molecule has 0 aliphatic heterocycles. The van der Waals surface area contributed by atoms with Crippen molar-refractivity contribution in [1.82, 2.24) is 5.32 Å². The summed E-state index contributed by atoms with van der Waals surface area (Å²) in [6.07, 6.45) is -0.188. The lowest BCUT2D eigenvalue weighted by atomic mass is 10.1. The van der Waals surface area contributed by atoms with Crippen molar-refractivity contribution in [2.24, 2.45) is 0 Å². The first kappa shape index (κ1) is 13.4. The summed E-state index contributed by atoms with van der Waals surface area (Å²) in [6, 6.07) is 4.29. The van der Waals surface area contributed by atoms with Crippen LogP contribution in [0.2, 0.25) is 0 Å². The Morgan fingerprint density at radius 1 is 1.18 bits per heavy atom. The molecule has 17 heavy (non-hydrogen) atoms. The number of hydrogen-bond donors (Lipinski definition) is 3. The van der Waals surface area contributed by atoms with E-state index in [4.69, 9.17) is 5.11 Å². The van der Waals surface area contributed by atoms with Gasteiger partial charge in [-0.1, -0.05) is 17.7 Å². The van der Waals surface area contributed by atoms with E-state index >= 15 is 0 Å². The third kappa shape index (κ3) is 4.34. The first-order chi connectivity index (χ1) is 8.00. The van der Waals surface area contributed by atoms with Crippen LogP contribution in [0.3, 0.4) is 0 Å². The summed E-state index contributed by atoms with van der Waals surface area (Å²) in [5, 5.41) is 14.1. The van der Waals surface area contributed by atoms with Gasteiger partial charge in [0, 0.05) is 18.8 Å². The fourth-order valence-corrected chi connectivity index (χ4v) is 1.96. The molecular weight excluding hydrogens is 216 g/mol. The first-order valence-corrected chi connectivity index (χ1v) is 5.79. The molecule has 0 saturated carbocycles. The molecule has 0 heterocycles. The Morgan fingerprint density at radius 3 is 2.29 bits per heavy atom. The van der Waals surface area contributed by atoms with Crippen LogP contribution in [0.4, 0.5) is 10.5 Å². The quantitative estimate of drug-likeness (QED) is 0.689. The van der Waals surface area contributed by atoms with Crippen LogP contribution < -0.4 is 10.6 Å². The van der Waals surface area contributed by atoms with Gasteiger partial charge in [0.15, 0.2) is 0 Å². The summed E-state index contributed by atoms with van der Waals surface area (Å²) in [5.74, 6) is 0. The Hall–Kier alpha value is -1.71. The maximum atomic E-state index is 10.2. The zero-order chi connectivity index (χ0) is 12.8. The summed E-state index contributed by atoms with van der Waals surface area (Å²) in [7, 11) is 0. The Balaban J connectivity index is 2.44. The molecule has 0 unspecified atom stereocenters. The van der Waals surface area contributed by atoms with Gasteiger partial charge >= 0.3 is 6.09 Å². The van der Waals surface area contributed by atoms with E-state index in [0.717, 1.165) is 18.7 Å². The van der Waals surface area contributed by atoms with Gasteiger partial charge in [0.1, 0.15) is 0 Å². The predicted octanol–water partition coefficient (Wildman–Crippen LogP) is 2.68. The van der Waals surface area contributed by atoms with Crippen LogP contribution in [0.15, 0.2) is 12.1 Å². The lowest BCUT2D eigenvalue weighted by Gasteiger charge is -2.13. The molecule has 94 valence electrons. The number of amides is 1. The number of hydrogen-bond acceptors (Lipinski definition) is 2. The number of aryl methyl sites for hydroxylation is 3. The van der Waals surface area contributed by atoms with E-state index in [1.807, 2.05) is 0 Å². The molecule has 0 bridgehead atoms. The van der Waals surface area contributed by atoms with Crippen molar-refractivity contribution in [3.63, 3.8) is 0 Å². The third-order valence-electron chi connectivity index (χ3n) is 2.61.